The van der Waals surface area contributed by atoms with Crippen molar-refractivity contribution in [3.8, 4) is 0 Å². The fourth-order valence-electron chi connectivity index (χ4n) is 2.25. The number of nitrogens with zero attached hydrogens (tertiary/aromatic N) is 2. The van der Waals surface area contributed by atoms with Gasteiger partial charge < -0.3 is 10.6 Å². The van der Waals surface area contributed by atoms with Crippen LogP contribution in [0.2, 0.25) is 0 Å². The van der Waals surface area contributed by atoms with E-state index in [9.17, 15) is 4.79 Å². The van der Waals surface area contributed by atoms with E-state index in [-0.39, 0.29) is 11.3 Å². The zero-order chi connectivity index (χ0) is 14.8. The minimum Gasteiger partial charge on any atom is -0.340 e. The monoisotopic (exact) mass is 271 g/mol. The molecule has 0 unspecified atom stereocenters. The van der Waals surface area contributed by atoms with Crippen LogP contribution in [0.25, 0.3) is 10.8 Å². The molecule has 0 aliphatic carbocycles. The highest BCUT2D eigenvalue weighted by molar-refractivity contribution is 6.05. The molecule has 4 nitrogen and oxygen atoms in total. The van der Waals surface area contributed by atoms with Crippen LogP contribution in [0, 0.1) is 5.41 Å². The second-order valence-corrected chi connectivity index (χ2v) is 5.91. The van der Waals surface area contributed by atoms with Crippen molar-refractivity contribution in [3.05, 3.63) is 42.2 Å². The minimum absolute atomic E-state index is 0.0664. The maximum absolute atomic E-state index is 12.6. The topological polar surface area (TPSA) is 59.2 Å². The lowest BCUT2D eigenvalue weighted by atomic mass is 9.93. The first-order chi connectivity index (χ1) is 9.44. The molecule has 0 aliphatic rings. The Kier molecular flexibility index (Phi) is 4.04. The molecule has 0 radical (unpaired) electrons. The molecule has 0 saturated heterocycles. The van der Waals surface area contributed by atoms with E-state index < -0.39 is 0 Å². The summed E-state index contributed by atoms with van der Waals surface area (Å²) in [6, 6.07) is 9.70. The van der Waals surface area contributed by atoms with Crippen molar-refractivity contribution in [1.82, 2.24) is 9.88 Å². The number of carbonyl (C=O) groups is 1. The van der Waals surface area contributed by atoms with Crippen molar-refractivity contribution in [2.24, 2.45) is 11.1 Å². The van der Waals surface area contributed by atoms with Crippen molar-refractivity contribution in [2.75, 3.05) is 20.1 Å². The standard InChI is InChI=1S/C16H21N3O/c1-16(2,10-17)11-19(3)15(20)14-13-7-5-4-6-12(13)8-9-18-14/h4-9H,10-11,17H2,1-3H3. The second-order valence-electron chi connectivity index (χ2n) is 5.91. The van der Waals surface area contributed by atoms with Gasteiger partial charge in [-0.25, -0.2) is 0 Å². The summed E-state index contributed by atoms with van der Waals surface area (Å²) in [5, 5.41) is 1.91. The van der Waals surface area contributed by atoms with Crippen LogP contribution in [0.1, 0.15) is 24.3 Å². The molecule has 4 heteroatoms. The number of rotatable bonds is 4. The van der Waals surface area contributed by atoms with E-state index in [1.165, 1.54) is 0 Å². The van der Waals surface area contributed by atoms with E-state index in [2.05, 4.69) is 4.98 Å². The quantitative estimate of drug-likeness (QED) is 0.928. The molecule has 1 aromatic carbocycles. The number of fused-ring (bicyclic) bond motifs is 1. The SMILES string of the molecule is CN(CC(C)(C)CN)C(=O)c1nccc2ccccc12. The number of pyridine rings is 1. The van der Waals surface area contributed by atoms with Gasteiger partial charge in [0.25, 0.3) is 5.91 Å². The number of aromatic nitrogens is 1. The van der Waals surface area contributed by atoms with Gasteiger partial charge in [0, 0.05) is 25.2 Å². The van der Waals surface area contributed by atoms with Gasteiger partial charge in [0.05, 0.1) is 0 Å². The highest BCUT2D eigenvalue weighted by atomic mass is 16.2. The maximum Gasteiger partial charge on any atom is 0.272 e. The van der Waals surface area contributed by atoms with Crippen molar-refractivity contribution >= 4 is 16.7 Å². The van der Waals surface area contributed by atoms with E-state index in [0.29, 0.717) is 18.8 Å². The summed E-state index contributed by atoms with van der Waals surface area (Å²) < 4.78 is 0. The molecule has 2 rings (SSSR count). The summed E-state index contributed by atoms with van der Waals surface area (Å²) in [6.45, 7) is 5.24. The number of carbonyl (C=O) groups excluding carboxylic acids is 1. The lowest BCUT2D eigenvalue weighted by molar-refractivity contribution is 0.0737. The van der Waals surface area contributed by atoms with Crippen LogP contribution < -0.4 is 5.73 Å². The van der Waals surface area contributed by atoms with Crippen molar-refractivity contribution in [1.29, 1.82) is 0 Å². The number of benzene rings is 1. The molecule has 0 bridgehead atoms. The van der Waals surface area contributed by atoms with E-state index in [4.69, 9.17) is 5.73 Å². The molecule has 1 heterocycles. The third-order valence-electron chi connectivity index (χ3n) is 3.44. The Balaban J connectivity index is 2.32. The Bertz CT molecular complexity index is 617. The fraction of sp³-hybridized carbons (Fsp3) is 0.375. The first-order valence-electron chi connectivity index (χ1n) is 6.74. The Hall–Kier alpha value is -1.94. The lowest BCUT2D eigenvalue weighted by Gasteiger charge is -2.29. The zero-order valence-corrected chi connectivity index (χ0v) is 12.3. The Morgan fingerprint density at radius 1 is 1.30 bits per heavy atom. The Morgan fingerprint density at radius 3 is 2.70 bits per heavy atom. The number of hydrogen-bond acceptors (Lipinski definition) is 3. The normalized spacial score (nSPS) is 11.6. The van der Waals surface area contributed by atoms with Crippen LogP contribution in [0.4, 0.5) is 0 Å². The van der Waals surface area contributed by atoms with Crippen LogP contribution in [0.3, 0.4) is 0 Å². The van der Waals surface area contributed by atoms with Gasteiger partial charge in [-0.2, -0.15) is 0 Å². The molecule has 1 aromatic heterocycles. The summed E-state index contributed by atoms with van der Waals surface area (Å²) in [7, 11) is 1.79. The first kappa shape index (κ1) is 14.5. The molecule has 0 spiro atoms. The first-order valence-corrected chi connectivity index (χ1v) is 6.74. The largest absolute Gasteiger partial charge is 0.340 e. The van der Waals surface area contributed by atoms with Crippen LogP contribution in [0.5, 0.6) is 0 Å². The lowest BCUT2D eigenvalue weighted by Crippen LogP contribution is -2.40. The smallest absolute Gasteiger partial charge is 0.272 e. The maximum atomic E-state index is 12.6. The average molecular weight is 271 g/mol. The summed E-state index contributed by atoms with van der Waals surface area (Å²) in [4.78, 5) is 18.5. The molecule has 106 valence electrons. The third-order valence-corrected chi connectivity index (χ3v) is 3.44. The van der Waals surface area contributed by atoms with Gasteiger partial charge in [0.2, 0.25) is 0 Å². The molecule has 20 heavy (non-hydrogen) atoms. The third kappa shape index (κ3) is 2.96. The van der Waals surface area contributed by atoms with Gasteiger partial charge in [0.1, 0.15) is 5.69 Å². The van der Waals surface area contributed by atoms with Gasteiger partial charge in [-0.05, 0) is 23.4 Å². The van der Waals surface area contributed by atoms with Gasteiger partial charge in [-0.1, -0.05) is 38.1 Å². The zero-order valence-electron chi connectivity index (χ0n) is 12.3. The van der Waals surface area contributed by atoms with Crippen LogP contribution in [-0.4, -0.2) is 35.9 Å². The van der Waals surface area contributed by atoms with E-state index in [0.717, 1.165) is 10.8 Å². The van der Waals surface area contributed by atoms with Crippen LogP contribution in [0.15, 0.2) is 36.5 Å². The predicted molar refractivity (Wildman–Crippen MR) is 81.5 cm³/mol. The molecule has 0 saturated carbocycles. The van der Waals surface area contributed by atoms with E-state index in [1.807, 2.05) is 44.2 Å². The number of amides is 1. The van der Waals surface area contributed by atoms with Crippen molar-refractivity contribution in [3.63, 3.8) is 0 Å². The molecule has 0 atom stereocenters. The molecule has 2 aromatic rings. The van der Waals surface area contributed by atoms with Gasteiger partial charge >= 0.3 is 0 Å². The van der Waals surface area contributed by atoms with Gasteiger partial charge in [0.15, 0.2) is 0 Å². The Labute approximate surface area is 119 Å². The van der Waals surface area contributed by atoms with Gasteiger partial charge in [-0.3, -0.25) is 9.78 Å². The summed E-state index contributed by atoms with van der Waals surface area (Å²) in [6.07, 6.45) is 1.68. The Morgan fingerprint density at radius 2 is 2.00 bits per heavy atom. The number of hydrogen-bond donors (Lipinski definition) is 1. The second kappa shape index (κ2) is 5.59. The van der Waals surface area contributed by atoms with Crippen LogP contribution >= 0.6 is 0 Å². The molecular weight excluding hydrogens is 250 g/mol. The molecule has 2 N–H and O–H groups in total. The highest BCUT2D eigenvalue weighted by Crippen LogP contribution is 2.20. The van der Waals surface area contributed by atoms with Crippen molar-refractivity contribution in [2.45, 2.75) is 13.8 Å². The fourth-order valence-corrected chi connectivity index (χ4v) is 2.25. The summed E-state index contributed by atoms with van der Waals surface area (Å²) in [5.74, 6) is -0.0664. The molecule has 0 aliphatic heterocycles. The highest BCUT2D eigenvalue weighted by Gasteiger charge is 2.23. The summed E-state index contributed by atoms with van der Waals surface area (Å²) >= 11 is 0. The van der Waals surface area contributed by atoms with E-state index in [1.54, 1.807) is 18.1 Å². The van der Waals surface area contributed by atoms with E-state index >= 15 is 0 Å². The molecule has 0 fully saturated rings. The predicted octanol–water partition coefficient (Wildman–Crippen LogP) is 2.29. The summed E-state index contributed by atoms with van der Waals surface area (Å²) in [5.41, 5.74) is 6.13. The number of nitrogens with two attached hydrogens (primary N) is 1. The molecule has 1 amide bonds. The van der Waals surface area contributed by atoms with Crippen LogP contribution in [-0.2, 0) is 0 Å². The van der Waals surface area contributed by atoms with Crippen molar-refractivity contribution < 1.29 is 4.79 Å². The minimum atomic E-state index is -0.102. The average Bonchev–Trinajstić information content (AvgIpc) is 2.45. The van der Waals surface area contributed by atoms with Gasteiger partial charge in [-0.15, -0.1) is 0 Å². The molecular formula is C16H21N3O.